The van der Waals surface area contributed by atoms with Crippen LogP contribution in [0.1, 0.15) is 36.4 Å². The third kappa shape index (κ3) is 3.70. The molecule has 0 aliphatic heterocycles. The fraction of sp³-hybridized carbons (Fsp3) is 0.471. The molecule has 1 N–H and O–H groups in total. The summed E-state index contributed by atoms with van der Waals surface area (Å²) in [5.41, 5.74) is 4.09. The van der Waals surface area contributed by atoms with Crippen molar-refractivity contribution in [3.63, 3.8) is 0 Å². The first kappa shape index (κ1) is 14.8. The fourth-order valence-electron chi connectivity index (χ4n) is 2.39. The molecule has 20 heavy (non-hydrogen) atoms. The van der Waals surface area contributed by atoms with Gasteiger partial charge in [0.05, 0.1) is 6.54 Å². The summed E-state index contributed by atoms with van der Waals surface area (Å²) in [6.07, 6.45) is 3.96. The number of benzene rings is 1. The molecule has 0 radical (unpaired) electrons. The highest BCUT2D eigenvalue weighted by Crippen LogP contribution is 2.15. The van der Waals surface area contributed by atoms with Crippen molar-refractivity contribution in [2.75, 3.05) is 6.54 Å². The summed E-state index contributed by atoms with van der Waals surface area (Å²) in [5, 5.41) is 3.46. The second kappa shape index (κ2) is 6.71. The van der Waals surface area contributed by atoms with Crippen LogP contribution < -0.4 is 5.32 Å². The molecule has 0 atom stereocenters. The fourth-order valence-corrected chi connectivity index (χ4v) is 2.39. The standard InChI is InChI=1S/C17H25N3/c1-13(2)10-18-11-17-19-8-9-20(17)12-16-14(3)6-5-7-15(16)4/h5-9,13,18H,10-12H2,1-4H3. The number of imidazole rings is 1. The second-order valence-electron chi connectivity index (χ2n) is 5.87. The van der Waals surface area contributed by atoms with Crippen molar-refractivity contribution in [1.29, 1.82) is 0 Å². The molecule has 0 spiro atoms. The number of nitrogens with zero attached hydrogens (tertiary/aromatic N) is 2. The van der Waals surface area contributed by atoms with E-state index in [0.29, 0.717) is 5.92 Å². The summed E-state index contributed by atoms with van der Waals surface area (Å²) in [6, 6.07) is 6.47. The molecule has 1 heterocycles. The van der Waals surface area contributed by atoms with Crippen LogP contribution in [0.5, 0.6) is 0 Å². The summed E-state index contributed by atoms with van der Waals surface area (Å²) < 4.78 is 2.24. The number of nitrogens with one attached hydrogen (secondary N) is 1. The highest BCUT2D eigenvalue weighted by atomic mass is 15.1. The van der Waals surface area contributed by atoms with Crippen molar-refractivity contribution in [1.82, 2.24) is 14.9 Å². The van der Waals surface area contributed by atoms with Gasteiger partial charge in [-0.2, -0.15) is 0 Å². The minimum absolute atomic E-state index is 0.664. The van der Waals surface area contributed by atoms with Crippen LogP contribution in [0.15, 0.2) is 30.6 Å². The lowest BCUT2D eigenvalue weighted by Crippen LogP contribution is -2.21. The Labute approximate surface area is 122 Å². The minimum atomic E-state index is 0.664. The van der Waals surface area contributed by atoms with E-state index in [1.54, 1.807) is 0 Å². The highest BCUT2D eigenvalue weighted by Gasteiger charge is 2.07. The maximum absolute atomic E-state index is 4.47. The van der Waals surface area contributed by atoms with Crippen molar-refractivity contribution in [2.45, 2.75) is 40.8 Å². The monoisotopic (exact) mass is 271 g/mol. The van der Waals surface area contributed by atoms with E-state index >= 15 is 0 Å². The number of hydrogen-bond donors (Lipinski definition) is 1. The topological polar surface area (TPSA) is 29.9 Å². The Bertz CT molecular complexity index is 535. The smallest absolute Gasteiger partial charge is 0.122 e. The van der Waals surface area contributed by atoms with Crippen LogP contribution in [0.4, 0.5) is 0 Å². The Kier molecular flexibility index (Phi) is 4.96. The Balaban J connectivity index is 2.09. The molecule has 0 unspecified atom stereocenters. The number of hydrogen-bond acceptors (Lipinski definition) is 2. The van der Waals surface area contributed by atoms with Crippen LogP contribution in [0, 0.1) is 19.8 Å². The number of aryl methyl sites for hydroxylation is 2. The zero-order valence-electron chi connectivity index (χ0n) is 13.0. The molecule has 0 saturated carbocycles. The SMILES string of the molecule is Cc1cccc(C)c1Cn1ccnc1CNCC(C)C. The van der Waals surface area contributed by atoms with Crippen LogP contribution in [0.25, 0.3) is 0 Å². The van der Waals surface area contributed by atoms with Gasteiger partial charge in [0.15, 0.2) is 0 Å². The third-order valence-electron chi connectivity index (χ3n) is 3.61. The lowest BCUT2D eigenvalue weighted by atomic mass is 10.0. The van der Waals surface area contributed by atoms with Gasteiger partial charge in [-0.1, -0.05) is 32.0 Å². The zero-order chi connectivity index (χ0) is 14.5. The number of rotatable bonds is 6. The van der Waals surface area contributed by atoms with Crippen molar-refractivity contribution in [3.8, 4) is 0 Å². The Morgan fingerprint density at radius 2 is 1.90 bits per heavy atom. The van der Waals surface area contributed by atoms with Crippen molar-refractivity contribution >= 4 is 0 Å². The molecule has 1 aromatic heterocycles. The third-order valence-corrected chi connectivity index (χ3v) is 3.61. The maximum atomic E-state index is 4.47. The van der Waals surface area contributed by atoms with Gasteiger partial charge in [-0.25, -0.2) is 4.98 Å². The van der Waals surface area contributed by atoms with Crippen molar-refractivity contribution in [3.05, 3.63) is 53.1 Å². The normalized spacial score (nSPS) is 11.2. The van der Waals surface area contributed by atoms with Gasteiger partial charge in [0, 0.05) is 18.9 Å². The first-order valence-electron chi connectivity index (χ1n) is 7.33. The first-order chi connectivity index (χ1) is 9.58. The average Bonchev–Trinajstić information content (AvgIpc) is 2.81. The van der Waals surface area contributed by atoms with E-state index in [0.717, 1.165) is 25.5 Å². The Hall–Kier alpha value is -1.61. The van der Waals surface area contributed by atoms with Gasteiger partial charge in [0.1, 0.15) is 5.82 Å². The predicted octanol–water partition coefficient (Wildman–Crippen LogP) is 3.29. The molecule has 0 fully saturated rings. The molecule has 0 aliphatic rings. The van der Waals surface area contributed by atoms with E-state index in [9.17, 15) is 0 Å². The first-order valence-corrected chi connectivity index (χ1v) is 7.33. The maximum Gasteiger partial charge on any atom is 0.122 e. The van der Waals surface area contributed by atoms with E-state index in [1.165, 1.54) is 16.7 Å². The molecule has 1 aromatic carbocycles. The van der Waals surface area contributed by atoms with E-state index in [1.807, 2.05) is 6.20 Å². The summed E-state index contributed by atoms with van der Waals surface area (Å²) in [6.45, 7) is 11.5. The largest absolute Gasteiger partial charge is 0.329 e. The quantitative estimate of drug-likeness (QED) is 0.873. The zero-order valence-corrected chi connectivity index (χ0v) is 13.0. The summed E-state index contributed by atoms with van der Waals surface area (Å²) >= 11 is 0. The lowest BCUT2D eigenvalue weighted by molar-refractivity contribution is 0.532. The molecule has 0 bridgehead atoms. The van der Waals surface area contributed by atoms with Crippen LogP contribution in [-0.2, 0) is 13.1 Å². The van der Waals surface area contributed by atoms with Crippen LogP contribution in [0.2, 0.25) is 0 Å². The lowest BCUT2D eigenvalue weighted by Gasteiger charge is -2.13. The van der Waals surface area contributed by atoms with E-state index < -0.39 is 0 Å². The summed E-state index contributed by atoms with van der Waals surface area (Å²) in [7, 11) is 0. The summed E-state index contributed by atoms with van der Waals surface area (Å²) in [4.78, 5) is 4.47. The molecule has 3 heteroatoms. The highest BCUT2D eigenvalue weighted by molar-refractivity contribution is 5.33. The Morgan fingerprint density at radius 3 is 2.55 bits per heavy atom. The molecule has 0 aliphatic carbocycles. The molecule has 0 saturated heterocycles. The van der Waals surface area contributed by atoms with Gasteiger partial charge in [-0.3, -0.25) is 0 Å². The molecule has 2 aromatic rings. The van der Waals surface area contributed by atoms with Crippen LogP contribution in [-0.4, -0.2) is 16.1 Å². The number of aromatic nitrogens is 2. The Morgan fingerprint density at radius 1 is 1.20 bits per heavy atom. The van der Waals surface area contributed by atoms with Crippen LogP contribution >= 0.6 is 0 Å². The van der Waals surface area contributed by atoms with Gasteiger partial charge < -0.3 is 9.88 Å². The molecule has 108 valence electrons. The van der Waals surface area contributed by atoms with Crippen LogP contribution in [0.3, 0.4) is 0 Å². The molecular formula is C17H25N3. The second-order valence-corrected chi connectivity index (χ2v) is 5.87. The molecule has 3 nitrogen and oxygen atoms in total. The van der Waals surface area contributed by atoms with Crippen molar-refractivity contribution < 1.29 is 0 Å². The molecule has 0 amide bonds. The average molecular weight is 271 g/mol. The van der Waals surface area contributed by atoms with Gasteiger partial charge in [-0.05, 0) is 43.0 Å². The van der Waals surface area contributed by atoms with Gasteiger partial charge >= 0.3 is 0 Å². The predicted molar refractivity (Wildman–Crippen MR) is 83.8 cm³/mol. The van der Waals surface area contributed by atoms with E-state index in [-0.39, 0.29) is 0 Å². The van der Waals surface area contributed by atoms with Gasteiger partial charge in [0.25, 0.3) is 0 Å². The molecular weight excluding hydrogens is 246 g/mol. The van der Waals surface area contributed by atoms with Gasteiger partial charge in [-0.15, -0.1) is 0 Å². The summed E-state index contributed by atoms with van der Waals surface area (Å²) in [5.74, 6) is 1.77. The molecule has 2 rings (SSSR count). The minimum Gasteiger partial charge on any atom is -0.329 e. The van der Waals surface area contributed by atoms with Crippen molar-refractivity contribution in [2.24, 2.45) is 5.92 Å². The van der Waals surface area contributed by atoms with E-state index in [2.05, 4.69) is 67.0 Å². The van der Waals surface area contributed by atoms with E-state index in [4.69, 9.17) is 0 Å². The van der Waals surface area contributed by atoms with Gasteiger partial charge in [0.2, 0.25) is 0 Å².